The molecule has 4 nitrogen and oxygen atoms in total. The third-order valence-corrected chi connectivity index (χ3v) is 3.30. The molecule has 1 aromatic carbocycles. The Labute approximate surface area is 122 Å². The van der Waals surface area contributed by atoms with Crippen LogP contribution in [0.1, 0.15) is 25.3 Å². The maximum absolute atomic E-state index is 9.87. The number of benzene rings is 1. The zero-order valence-corrected chi connectivity index (χ0v) is 12.8. The van der Waals surface area contributed by atoms with E-state index in [2.05, 4.69) is 11.0 Å². The number of methoxy groups -OCH3 is 2. The SMILES string of the molecule is CCC(O)CN(CCCOC)Cc1cccc(OC)c1. The van der Waals surface area contributed by atoms with Gasteiger partial charge in [0, 0.05) is 33.4 Å². The first-order valence-electron chi connectivity index (χ1n) is 7.21. The van der Waals surface area contributed by atoms with Crippen molar-refractivity contribution in [3.8, 4) is 5.75 Å². The minimum Gasteiger partial charge on any atom is -0.497 e. The molecule has 0 radical (unpaired) electrons. The number of nitrogens with zero attached hydrogens (tertiary/aromatic N) is 1. The molecule has 0 fully saturated rings. The van der Waals surface area contributed by atoms with E-state index in [1.807, 2.05) is 25.1 Å². The number of hydrogen-bond acceptors (Lipinski definition) is 4. The van der Waals surface area contributed by atoms with E-state index in [1.54, 1.807) is 14.2 Å². The highest BCUT2D eigenvalue weighted by molar-refractivity contribution is 5.28. The maximum atomic E-state index is 9.87. The molecule has 1 rings (SSSR count). The van der Waals surface area contributed by atoms with Crippen molar-refractivity contribution in [1.82, 2.24) is 4.90 Å². The van der Waals surface area contributed by atoms with E-state index in [-0.39, 0.29) is 6.10 Å². The van der Waals surface area contributed by atoms with Crippen LogP contribution in [0.15, 0.2) is 24.3 Å². The van der Waals surface area contributed by atoms with E-state index in [9.17, 15) is 5.11 Å². The summed E-state index contributed by atoms with van der Waals surface area (Å²) < 4.78 is 10.4. The van der Waals surface area contributed by atoms with Gasteiger partial charge in [-0.2, -0.15) is 0 Å². The van der Waals surface area contributed by atoms with Crippen molar-refractivity contribution >= 4 is 0 Å². The number of rotatable bonds is 10. The molecule has 114 valence electrons. The van der Waals surface area contributed by atoms with Gasteiger partial charge < -0.3 is 14.6 Å². The predicted octanol–water partition coefficient (Wildman–Crippen LogP) is 2.30. The second-order valence-electron chi connectivity index (χ2n) is 5.00. The van der Waals surface area contributed by atoms with Gasteiger partial charge in [-0.25, -0.2) is 0 Å². The first-order chi connectivity index (χ1) is 9.69. The molecule has 0 aliphatic carbocycles. The molecule has 0 saturated carbocycles. The highest BCUT2D eigenvalue weighted by Gasteiger charge is 2.11. The third kappa shape index (κ3) is 6.37. The largest absolute Gasteiger partial charge is 0.497 e. The Balaban J connectivity index is 2.61. The average Bonchev–Trinajstić information content (AvgIpc) is 2.47. The van der Waals surface area contributed by atoms with E-state index in [1.165, 1.54) is 5.56 Å². The van der Waals surface area contributed by atoms with Gasteiger partial charge in [0.1, 0.15) is 5.75 Å². The second kappa shape index (κ2) is 9.75. The minimum atomic E-state index is -0.275. The van der Waals surface area contributed by atoms with Gasteiger partial charge in [0.05, 0.1) is 13.2 Å². The van der Waals surface area contributed by atoms with Gasteiger partial charge in [0.2, 0.25) is 0 Å². The smallest absolute Gasteiger partial charge is 0.119 e. The van der Waals surface area contributed by atoms with Crippen molar-refractivity contribution in [2.75, 3.05) is 33.9 Å². The highest BCUT2D eigenvalue weighted by atomic mass is 16.5. The van der Waals surface area contributed by atoms with Gasteiger partial charge in [-0.15, -0.1) is 0 Å². The molecule has 4 heteroatoms. The zero-order chi connectivity index (χ0) is 14.8. The fourth-order valence-corrected chi connectivity index (χ4v) is 2.12. The molecule has 20 heavy (non-hydrogen) atoms. The molecule has 0 aliphatic heterocycles. The molecule has 0 amide bonds. The lowest BCUT2D eigenvalue weighted by Crippen LogP contribution is -2.33. The molecule has 0 spiro atoms. The highest BCUT2D eigenvalue weighted by Crippen LogP contribution is 2.15. The van der Waals surface area contributed by atoms with Crippen LogP contribution in [-0.4, -0.2) is 50.0 Å². The van der Waals surface area contributed by atoms with Crippen molar-refractivity contribution in [2.24, 2.45) is 0 Å². The standard InChI is InChI=1S/C16H27NO3/c1-4-15(18)13-17(9-6-10-19-2)12-14-7-5-8-16(11-14)20-3/h5,7-8,11,15,18H,4,6,9-10,12-13H2,1-3H3. The summed E-state index contributed by atoms with van der Waals surface area (Å²) in [5.41, 5.74) is 1.20. The van der Waals surface area contributed by atoms with Gasteiger partial charge in [-0.1, -0.05) is 19.1 Å². The van der Waals surface area contributed by atoms with Crippen LogP contribution in [0.3, 0.4) is 0 Å². The Kier molecular flexibility index (Phi) is 8.26. The zero-order valence-electron chi connectivity index (χ0n) is 12.8. The monoisotopic (exact) mass is 281 g/mol. The third-order valence-electron chi connectivity index (χ3n) is 3.30. The molecule has 0 heterocycles. The molecular formula is C16H27NO3. The predicted molar refractivity (Wildman–Crippen MR) is 81.1 cm³/mol. The van der Waals surface area contributed by atoms with Crippen molar-refractivity contribution in [3.05, 3.63) is 29.8 Å². The maximum Gasteiger partial charge on any atom is 0.119 e. The normalized spacial score (nSPS) is 12.7. The molecule has 1 aromatic rings. The average molecular weight is 281 g/mol. The lowest BCUT2D eigenvalue weighted by Gasteiger charge is -2.24. The van der Waals surface area contributed by atoms with Crippen LogP contribution < -0.4 is 4.74 Å². The van der Waals surface area contributed by atoms with E-state index in [0.717, 1.165) is 38.3 Å². The van der Waals surface area contributed by atoms with Crippen LogP contribution >= 0.6 is 0 Å². The van der Waals surface area contributed by atoms with Crippen LogP contribution in [-0.2, 0) is 11.3 Å². The van der Waals surface area contributed by atoms with E-state index in [0.29, 0.717) is 6.54 Å². The van der Waals surface area contributed by atoms with Crippen LogP contribution in [0, 0.1) is 0 Å². The summed E-state index contributed by atoms with van der Waals surface area (Å²) in [6, 6.07) is 8.07. The van der Waals surface area contributed by atoms with E-state index >= 15 is 0 Å². The van der Waals surface area contributed by atoms with Crippen LogP contribution in [0.25, 0.3) is 0 Å². The van der Waals surface area contributed by atoms with Crippen molar-refractivity contribution in [3.63, 3.8) is 0 Å². The Morgan fingerprint density at radius 1 is 1.30 bits per heavy atom. The lowest BCUT2D eigenvalue weighted by molar-refractivity contribution is 0.0967. The molecule has 0 bridgehead atoms. The molecule has 0 aliphatic rings. The summed E-state index contributed by atoms with van der Waals surface area (Å²) >= 11 is 0. The fraction of sp³-hybridized carbons (Fsp3) is 0.625. The molecule has 1 unspecified atom stereocenters. The quantitative estimate of drug-likeness (QED) is 0.668. The van der Waals surface area contributed by atoms with Crippen molar-refractivity contribution < 1.29 is 14.6 Å². The van der Waals surface area contributed by atoms with Crippen molar-refractivity contribution in [2.45, 2.75) is 32.4 Å². The number of aliphatic hydroxyl groups excluding tert-OH is 1. The summed E-state index contributed by atoms with van der Waals surface area (Å²) in [5.74, 6) is 0.871. The number of ether oxygens (including phenoxy) is 2. The first-order valence-corrected chi connectivity index (χ1v) is 7.21. The second-order valence-corrected chi connectivity index (χ2v) is 5.00. The Hall–Kier alpha value is -1.10. The molecule has 1 N–H and O–H groups in total. The fourth-order valence-electron chi connectivity index (χ4n) is 2.12. The summed E-state index contributed by atoms with van der Waals surface area (Å²) in [7, 11) is 3.39. The first kappa shape index (κ1) is 17.0. The van der Waals surface area contributed by atoms with E-state index < -0.39 is 0 Å². The number of aliphatic hydroxyl groups is 1. The molecule has 1 atom stereocenters. The van der Waals surface area contributed by atoms with Crippen molar-refractivity contribution in [1.29, 1.82) is 0 Å². The van der Waals surface area contributed by atoms with E-state index in [4.69, 9.17) is 9.47 Å². The minimum absolute atomic E-state index is 0.275. The van der Waals surface area contributed by atoms with Gasteiger partial charge in [0.15, 0.2) is 0 Å². The molecule has 0 saturated heterocycles. The topological polar surface area (TPSA) is 41.9 Å². The van der Waals surface area contributed by atoms with Crippen LogP contribution in [0.5, 0.6) is 5.75 Å². The van der Waals surface area contributed by atoms with Crippen LogP contribution in [0.2, 0.25) is 0 Å². The van der Waals surface area contributed by atoms with Crippen LogP contribution in [0.4, 0.5) is 0 Å². The number of hydrogen-bond donors (Lipinski definition) is 1. The molecule has 0 aromatic heterocycles. The summed E-state index contributed by atoms with van der Waals surface area (Å²) in [5, 5.41) is 9.87. The summed E-state index contributed by atoms with van der Waals surface area (Å²) in [6.07, 6.45) is 1.47. The lowest BCUT2D eigenvalue weighted by atomic mass is 10.1. The summed E-state index contributed by atoms with van der Waals surface area (Å²) in [6.45, 7) is 5.18. The van der Waals surface area contributed by atoms with Gasteiger partial charge in [-0.3, -0.25) is 4.90 Å². The van der Waals surface area contributed by atoms with Gasteiger partial charge in [-0.05, 0) is 30.5 Å². The van der Waals surface area contributed by atoms with Gasteiger partial charge in [0.25, 0.3) is 0 Å². The molecular weight excluding hydrogens is 254 g/mol. The van der Waals surface area contributed by atoms with Gasteiger partial charge >= 0.3 is 0 Å². The summed E-state index contributed by atoms with van der Waals surface area (Å²) in [4.78, 5) is 2.27. The Bertz CT molecular complexity index is 370. The Morgan fingerprint density at radius 3 is 2.75 bits per heavy atom. The Morgan fingerprint density at radius 2 is 2.10 bits per heavy atom.